The summed E-state index contributed by atoms with van der Waals surface area (Å²) in [7, 11) is 0. The molecule has 0 saturated carbocycles. The Morgan fingerprint density at radius 2 is 1.83 bits per heavy atom. The van der Waals surface area contributed by atoms with E-state index in [2.05, 4.69) is 25.9 Å². The Balaban J connectivity index is 1.67. The van der Waals surface area contributed by atoms with Crippen LogP contribution in [0.3, 0.4) is 0 Å². The van der Waals surface area contributed by atoms with Crippen LogP contribution in [0.2, 0.25) is 0 Å². The van der Waals surface area contributed by atoms with E-state index in [-0.39, 0.29) is 5.69 Å². The van der Waals surface area contributed by atoms with E-state index >= 15 is 0 Å². The monoisotopic (exact) mass is 409 g/mol. The number of carbonyl (C=O) groups is 1. The summed E-state index contributed by atoms with van der Waals surface area (Å²) in [6, 6.07) is 8.54. The van der Waals surface area contributed by atoms with Crippen LogP contribution in [0, 0.1) is 32.4 Å². The Bertz CT molecular complexity index is 1250. The third kappa shape index (κ3) is 3.43. The summed E-state index contributed by atoms with van der Waals surface area (Å²) in [6.07, 6.45) is 1.46. The number of tetrazole rings is 1. The lowest BCUT2D eigenvalue weighted by Crippen LogP contribution is -2.15. The SMILES string of the molecule is Cc1ccc(NC(=O)c2c(C)nn(-c3ccc(F)cc3F)c2C)cc1-n1cnnn1. The highest BCUT2D eigenvalue weighted by Crippen LogP contribution is 2.23. The molecule has 1 amide bonds. The third-order valence-electron chi connectivity index (χ3n) is 4.72. The zero-order valence-corrected chi connectivity index (χ0v) is 16.4. The molecule has 10 heteroatoms. The molecule has 0 aliphatic rings. The van der Waals surface area contributed by atoms with Gasteiger partial charge in [0.05, 0.1) is 22.6 Å². The van der Waals surface area contributed by atoms with E-state index in [1.807, 2.05) is 13.0 Å². The fourth-order valence-electron chi connectivity index (χ4n) is 3.26. The van der Waals surface area contributed by atoms with Gasteiger partial charge in [-0.25, -0.2) is 18.1 Å². The third-order valence-corrected chi connectivity index (χ3v) is 4.72. The summed E-state index contributed by atoms with van der Waals surface area (Å²) in [5, 5.41) is 18.2. The van der Waals surface area contributed by atoms with Gasteiger partial charge in [0.25, 0.3) is 5.91 Å². The lowest BCUT2D eigenvalue weighted by Gasteiger charge is -2.10. The predicted molar refractivity (Wildman–Crippen MR) is 105 cm³/mol. The molecule has 0 spiro atoms. The second-order valence-electron chi connectivity index (χ2n) is 6.76. The fraction of sp³-hybridized carbons (Fsp3) is 0.150. The van der Waals surface area contributed by atoms with Gasteiger partial charge in [0.15, 0.2) is 5.82 Å². The Morgan fingerprint density at radius 1 is 1.03 bits per heavy atom. The van der Waals surface area contributed by atoms with Gasteiger partial charge in [0.2, 0.25) is 0 Å². The van der Waals surface area contributed by atoms with Gasteiger partial charge in [0.1, 0.15) is 17.8 Å². The van der Waals surface area contributed by atoms with E-state index in [9.17, 15) is 13.6 Å². The number of halogens is 2. The van der Waals surface area contributed by atoms with Gasteiger partial charge < -0.3 is 5.32 Å². The van der Waals surface area contributed by atoms with Gasteiger partial charge in [-0.3, -0.25) is 4.79 Å². The summed E-state index contributed by atoms with van der Waals surface area (Å²) >= 11 is 0. The molecule has 2 aromatic carbocycles. The topological polar surface area (TPSA) is 90.5 Å². The number of nitrogens with zero attached hydrogens (tertiary/aromatic N) is 6. The Labute approximate surface area is 170 Å². The summed E-state index contributed by atoms with van der Waals surface area (Å²) in [4.78, 5) is 13.0. The highest BCUT2D eigenvalue weighted by molar-refractivity contribution is 6.06. The largest absolute Gasteiger partial charge is 0.322 e. The fourth-order valence-corrected chi connectivity index (χ4v) is 3.26. The van der Waals surface area contributed by atoms with Crippen LogP contribution in [-0.2, 0) is 0 Å². The molecule has 2 aromatic heterocycles. The number of hydrogen-bond donors (Lipinski definition) is 1. The van der Waals surface area contributed by atoms with Crippen LogP contribution in [0.4, 0.5) is 14.5 Å². The van der Waals surface area contributed by atoms with Crippen molar-refractivity contribution >= 4 is 11.6 Å². The first-order chi connectivity index (χ1) is 14.3. The predicted octanol–water partition coefficient (Wildman–Crippen LogP) is 3.30. The molecule has 0 atom stereocenters. The number of benzene rings is 2. The summed E-state index contributed by atoms with van der Waals surface area (Å²) < 4.78 is 30.2. The average Bonchev–Trinajstić information content (AvgIpc) is 3.32. The van der Waals surface area contributed by atoms with E-state index in [0.29, 0.717) is 22.6 Å². The quantitative estimate of drug-likeness (QED) is 0.559. The first kappa shape index (κ1) is 19.4. The molecule has 0 saturated heterocycles. The number of anilines is 1. The molecular weight excluding hydrogens is 392 g/mol. The van der Waals surface area contributed by atoms with Gasteiger partial charge >= 0.3 is 0 Å². The van der Waals surface area contributed by atoms with E-state index in [4.69, 9.17) is 0 Å². The maximum absolute atomic E-state index is 14.2. The number of hydrogen-bond acceptors (Lipinski definition) is 5. The minimum atomic E-state index is -0.767. The molecule has 4 aromatic rings. The molecule has 0 unspecified atom stereocenters. The molecule has 0 radical (unpaired) electrons. The molecule has 0 bridgehead atoms. The van der Waals surface area contributed by atoms with Crippen LogP contribution in [-0.4, -0.2) is 35.9 Å². The standard InChI is InChI=1S/C20H17F2N7O/c1-11-4-6-15(9-18(11)28-10-23-26-27-28)24-20(30)19-12(2)25-29(13(19)3)17-7-5-14(21)8-16(17)22/h4-10H,1-3H3,(H,24,30). The van der Waals surface area contributed by atoms with Crippen LogP contribution in [0.1, 0.15) is 27.3 Å². The molecular formula is C20H17F2N7O. The van der Waals surface area contributed by atoms with Crippen LogP contribution < -0.4 is 5.32 Å². The van der Waals surface area contributed by atoms with Crippen molar-refractivity contribution in [3.8, 4) is 11.4 Å². The second kappa shape index (κ2) is 7.47. The summed E-state index contributed by atoms with van der Waals surface area (Å²) in [5.41, 5.74) is 3.40. The molecule has 0 aliphatic carbocycles. The number of aryl methyl sites for hydroxylation is 2. The van der Waals surface area contributed by atoms with Crippen LogP contribution in [0.5, 0.6) is 0 Å². The van der Waals surface area contributed by atoms with Crippen molar-refractivity contribution in [2.75, 3.05) is 5.32 Å². The van der Waals surface area contributed by atoms with Crippen LogP contribution in [0.15, 0.2) is 42.7 Å². The molecule has 1 N–H and O–H groups in total. The maximum atomic E-state index is 14.2. The lowest BCUT2D eigenvalue weighted by atomic mass is 10.1. The number of nitrogens with one attached hydrogen (secondary N) is 1. The highest BCUT2D eigenvalue weighted by atomic mass is 19.1. The highest BCUT2D eigenvalue weighted by Gasteiger charge is 2.21. The molecule has 152 valence electrons. The van der Waals surface area contributed by atoms with Crippen molar-refractivity contribution in [2.45, 2.75) is 20.8 Å². The minimum Gasteiger partial charge on any atom is -0.322 e. The smallest absolute Gasteiger partial charge is 0.259 e. The molecule has 2 heterocycles. The second-order valence-corrected chi connectivity index (χ2v) is 6.76. The van der Waals surface area contributed by atoms with Gasteiger partial charge in [0, 0.05) is 11.8 Å². The lowest BCUT2D eigenvalue weighted by molar-refractivity contribution is 0.102. The molecule has 30 heavy (non-hydrogen) atoms. The Hall–Kier alpha value is -3.95. The average molecular weight is 409 g/mol. The number of amides is 1. The number of rotatable bonds is 4. The van der Waals surface area contributed by atoms with Crippen molar-refractivity contribution in [3.63, 3.8) is 0 Å². The maximum Gasteiger partial charge on any atom is 0.259 e. The van der Waals surface area contributed by atoms with Gasteiger partial charge in [-0.1, -0.05) is 6.07 Å². The van der Waals surface area contributed by atoms with Crippen LogP contribution in [0.25, 0.3) is 11.4 Å². The molecule has 0 fully saturated rings. The summed E-state index contributed by atoms with van der Waals surface area (Å²) in [6.45, 7) is 5.21. The Morgan fingerprint density at radius 3 is 2.53 bits per heavy atom. The zero-order valence-electron chi connectivity index (χ0n) is 16.4. The molecule has 4 rings (SSSR count). The van der Waals surface area contributed by atoms with Gasteiger partial charge in [-0.2, -0.15) is 5.10 Å². The van der Waals surface area contributed by atoms with E-state index in [1.54, 1.807) is 26.0 Å². The molecule has 8 nitrogen and oxygen atoms in total. The molecule has 0 aliphatic heterocycles. The van der Waals surface area contributed by atoms with E-state index in [1.165, 1.54) is 21.8 Å². The van der Waals surface area contributed by atoms with Crippen molar-refractivity contribution < 1.29 is 13.6 Å². The normalized spacial score (nSPS) is 11.0. The first-order valence-corrected chi connectivity index (χ1v) is 9.02. The first-order valence-electron chi connectivity index (χ1n) is 9.02. The number of aromatic nitrogens is 6. The summed E-state index contributed by atoms with van der Waals surface area (Å²) in [5.74, 6) is -1.85. The van der Waals surface area contributed by atoms with Crippen molar-refractivity contribution in [2.24, 2.45) is 0 Å². The van der Waals surface area contributed by atoms with Crippen molar-refractivity contribution in [1.82, 2.24) is 30.0 Å². The van der Waals surface area contributed by atoms with Gasteiger partial charge in [-0.15, -0.1) is 5.10 Å². The van der Waals surface area contributed by atoms with E-state index < -0.39 is 17.5 Å². The number of carbonyl (C=O) groups excluding carboxylic acids is 1. The Kier molecular flexibility index (Phi) is 4.82. The van der Waals surface area contributed by atoms with Gasteiger partial charge in [-0.05, 0) is 61.0 Å². The van der Waals surface area contributed by atoms with E-state index in [0.717, 1.165) is 23.4 Å². The zero-order chi connectivity index (χ0) is 21.4. The van der Waals surface area contributed by atoms with Crippen molar-refractivity contribution in [3.05, 3.63) is 76.9 Å². The van der Waals surface area contributed by atoms with Crippen molar-refractivity contribution in [1.29, 1.82) is 0 Å². The van der Waals surface area contributed by atoms with Crippen LogP contribution >= 0.6 is 0 Å². The minimum absolute atomic E-state index is 0.0624.